The van der Waals surface area contributed by atoms with Gasteiger partial charge in [-0.1, -0.05) is 15.9 Å². The Morgan fingerprint density at radius 1 is 1.50 bits per heavy atom. The highest BCUT2D eigenvalue weighted by molar-refractivity contribution is 9.10. The summed E-state index contributed by atoms with van der Waals surface area (Å²) in [5.74, 6) is 0.667. The monoisotopic (exact) mass is 284 g/mol. The molecule has 1 saturated heterocycles. The van der Waals surface area contributed by atoms with Crippen molar-refractivity contribution < 1.29 is 4.74 Å². The van der Waals surface area contributed by atoms with Crippen LogP contribution in [0, 0.1) is 5.92 Å². The van der Waals surface area contributed by atoms with Gasteiger partial charge in [0.25, 0.3) is 0 Å². The summed E-state index contributed by atoms with van der Waals surface area (Å²) < 4.78 is 6.44. The highest BCUT2D eigenvalue weighted by Gasteiger charge is 2.14. The molecule has 1 unspecified atom stereocenters. The van der Waals surface area contributed by atoms with Gasteiger partial charge in [0.15, 0.2) is 0 Å². The van der Waals surface area contributed by atoms with Crippen LogP contribution in [-0.2, 0) is 11.3 Å². The van der Waals surface area contributed by atoms with Gasteiger partial charge in [-0.2, -0.15) is 0 Å². The van der Waals surface area contributed by atoms with Crippen molar-refractivity contribution in [2.45, 2.75) is 13.0 Å². The van der Waals surface area contributed by atoms with Crippen LogP contribution in [0.1, 0.15) is 12.0 Å². The molecular formula is C12H17BrN2O. The molecule has 1 fully saturated rings. The van der Waals surface area contributed by atoms with Gasteiger partial charge in [0.1, 0.15) is 0 Å². The third-order valence-corrected chi connectivity index (χ3v) is 3.62. The molecule has 0 bridgehead atoms. The number of halogens is 1. The minimum absolute atomic E-state index is 0.667. The largest absolute Gasteiger partial charge is 0.399 e. The lowest BCUT2D eigenvalue weighted by molar-refractivity contribution is 0.185. The summed E-state index contributed by atoms with van der Waals surface area (Å²) >= 11 is 3.52. The van der Waals surface area contributed by atoms with Gasteiger partial charge >= 0.3 is 0 Å². The van der Waals surface area contributed by atoms with E-state index in [1.165, 1.54) is 12.0 Å². The Balaban J connectivity index is 1.82. The molecule has 4 heteroatoms. The third kappa shape index (κ3) is 3.20. The first-order valence-electron chi connectivity index (χ1n) is 5.58. The van der Waals surface area contributed by atoms with Crippen molar-refractivity contribution in [3.8, 4) is 0 Å². The average Bonchev–Trinajstić information content (AvgIpc) is 2.76. The summed E-state index contributed by atoms with van der Waals surface area (Å²) in [6.07, 6.45) is 1.17. The molecule has 0 aliphatic carbocycles. The molecule has 0 radical (unpaired) electrons. The molecule has 0 spiro atoms. The summed E-state index contributed by atoms with van der Waals surface area (Å²) in [4.78, 5) is 0. The zero-order valence-electron chi connectivity index (χ0n) is 9.21. The van der Waals surface area contributed by atoms with Crippen LogP contribution < -0.4 is 11.1 Å². The highest BCUT2D eigenvalue weighted by Crippen LogP contribution is 2.19. The van der Waals surface area contributed by atoms with E-state index in [1.807, 2.05) is 18.2 Å². The van der Waals surface area contributed by atoms with Crippen LogP contribution in [0.25, 0.3) is 0 Å². The van der Waals surface area contributed by atoms with E-state index in [0.717, 1.165) is 36.5 Å². The number of benzene rings is 1. The molecule has 1 aromatic rings. The van der Waals surface area contributed by atoms with Crippen LogP contribution in [0.4, 0.5) is 5.69 Å². The third-order valence-electron chi connectivity index (χ3n) is 2.84. The number of rotatable bonds is 4. The molecule has 16 heavy (non-hydrogen) atoms. The summed E-state index contributed by atoms with van der Waals surface area (Å²) in [6.45, 7) is 3.67. The van der Waals surface area contributed by atoms with Crippen LogP contribution in [0.2, 0.25) is 0 Å². The Hall–Kier alpha value is -0.580. The van der Waals surface area contributed by atoms with E-state index in [1.54, 1.807) is 0 Å². The lowest BCUT2D eigenvalue weighted by Crippen LogP contribution is -2.22. The molecule has 3 nitrogen and oxygen atoms in total. The van der Waals surface area contributed by atoms with E-state index in [9.17, 15) is 0 Å². The smallest absolute Gasteiger partial charge is 0.0507 e. The Kier molecular flexibility index (Phi) is 4.21. The molecule has 1 aliphatic heterocycles. The van der Waals surface area contributed by atoms with Crippen molar-refractivity contribution in [3.05, 3.63) is 28.2 Å². The maximum absolute atomic E-state index is 5.75. The van der Waals surface area contributed by atoms with Crippen LogP contribution in [-0.4, -0.2) is 19.8 Å². The highest BCUT2D eigenvalue weighted by atomic mass is 79.9. The number of nitrogens with one attached hydrogen (secondary N) is 1. The van der Waals surface area contributed by atoms with Crippen LogP contribution in [0.3, 0.4) is 0 Å². The molecule has 1 atom stereocenters. The molecule has 1 aromatic carbocycles. The second kappa shape index (κ2) is 5.66. The van der Waals surface area contributed by atoms with Crippen molar-refractivity contribution in [1.29, 1.82) is 0 Å². The first-order chi connectivity index (χ1) is 7.75. The van der Waals surface area contributed by atoms with E-state index in [0.29, 0.717) is 5.92 Å². The number of nitrogen functional groups attached to an aromatic ring is 1. The fourth-order valence-electron chi connectivity index (χ4n) is 1.89. The Bertz CT molecular complexity index is 351. The lowest BCUT2D eigenvalue weighted by atomic mass is 10.1. The van der Waals surface area contributed by atoms with Crippen molar-refractivity contribution in [2.24, 2.45) is 5.92 Å². The van der Waals surface area contributed by atoms with Gasteiger partial charge in [-0.05, 0) is 36.1 Å². The van der Waals surface area contributed by atoms with Crippen molar-refractivity contribution in [3.63, 3.8) is 0 Å². The van der Waals surface area contributed by atoms with E-state index >= 15 is 0 Å². The molecule has 88 valence electrons. The second-order valence-electron chi connectivity index (χ2n) is 4.21. The minimum Gasteiger partial charge on any atom is -0.399 e. The van der Waals surface area contributed by atoms with Gasteiger partial charge < -0.3 is 15.8 Å². The quantitative estimate of drug-likeness (QED) is 0.833. The Morgan fingerprint density at radius 2 is 2.38 bits per heavy atom. The first kappa shape index (κ1) is 11.9. The zero-order valence-corrected chi connectivity index (χ0v) is 10.8. The molecule has 2 rings (SSSR count). The van der Waals surface area contributed by atoms with E-state index in [-0.39, 0.29) is 0 Å². The number of hydrogen-bond donors (Lipinski definition) is 2. The maximum Gasteiger partial charge on any atom is 0.0507 e. The molecular weight excluding hydrogens is 268 g/mol. The van der Waals surface area contributed by atoms with Crippen molar-refractivity contribution in [2.75, 3.05) is 25.5 Å². The lowest BCUT2D eigenvalue weighted by Gasteiger charge is -2.10. The maximum atomic E-state index is 5.75. The van der Waals surface area contributed by atoms with E-state index < -0.39 is 0 Å². The van der Waals surface area contributed by atoms with Gasteiger partial charge in [0.2, 0.25) is 0 Å². The van der Waals surface area contributed by atoms with Gasteiger partial charge in [0.05, 0.1) is 6.61 Å². The van der Waals surface area contributed by atoms with E-state index in [4.69, 9.17) is 10.5 Å². The fourth-order valence-corrected chi connectivity index (χ4v) is 2.27. The number of nitrogens with two attached hydrogens (primary N) is 1. The minimum atomic E-state index is 0.667. The van der Waals surface area contributed by atoms with Crippen LogP contribution >= 0.6 is 15.9 Å². The van der Waals surface area contributed by atoms with Crippen molar-refractivity contribution in [1.82, 2.24) is 5.32 Å². The first-order valence-corrected chi connectivity index (χ1v) is 6.37. The average molecular weight is 285 g/mol. The van der Waals surface area contributed by atoms with Gasteiger partial charge in [-0.3, -0.25) is 0 Å². The second-order valence-corrected chi connectivity index (χ2v) is 5.07. The summed E-state index contributed by atoms with van der Waals surface area (Å²) in [5.41, 5.74) is 7.77. The Morgan fingerprint density at radius 3 is 3.12 bits per heavy atom. The standard InChI is InChI=1S/C12H17BrN2O/c13-12-2-1-11(14)5-10(12)7-15-6-9-3-4-16-8-9/h1-2,5,9,15H,3-4,6-8,14H2. The molecule has 1 aliphatic rings. The molecule has 0 amide bonds. The summed E-state index contributed by atoms with van der Waals surface area (Å²) in [7, 11) is 0. The fraction of sp³-hybridized carbons (Fsp3) is 0.500. The Labute approximate surface area is 104 Å². The number of ether oxygens (including phenoxy) is 1. The number of anilines is 1. The van der Waals surface area contributed by atoms with Crippen LogP contribution in [0.5, 0.6) is 0 Å². The zero-order chi connectivity index (χ0) is 11.4. The normalized spacial score (nSPS) is 20.2. The topological polar surface area (TPSA) is 47.3 Å². The predicted molar refractivity (Wildman–Crippen MR) is 69.2 cm³/mol. The van der Waals surface area contributed by atoms with Gasteiger partial charge in [-0.15, -0.1) is 0 Å². The van der Waals surface area contributed by atoms with Gasteiger partial charge in [-0.25, -0.2) is 0 Å². The number of hydrogen-bond acceptors (Lipinski definition) is 3. The van der Waals surface area contributed by atoms with E-state index in [2.05, 4.69) is 21.2 Å². The predicted octanol–water partition coefficient (Wildman–Crippen LogP) is 2.16. The van der Waals surface area contributed by atoms with Gasteiger partial charge in [0, 0.05) is 29.9 Å². The van der Waals surface area contributed by atoms with Crippen molar-refractivity contribution >= 4 is 21.6 Å². The molecule has 3 N–H and O–H groups in total. The molecule has 0 saturated carbocycles. The summed E-state index contributed by atoms with van der Waals surface area (Å²) in [5, 5.41) is 3.45. The summed E-state index contributed by atoms with van der Waals surface area (Å²) in [6, 6.07) is 5.89. The molecule has 1 heterocycles. The SMILES string of the molecule is Nc1ccc(Br)c(CNCC2CCOC2)c1. The molecule has 0 aromatic heterocycles. The van der Waals surface area contributed by atoms with Crippen LogP contribution in [0.15, 0.2) is 22.7 Å².